The number of nitrogens with zero attached hydrogens (tertiary/aromatic N) is 2. The molecular formula is C15H15FN2S. The summed E-state index contributed by atoms with van der Waals surface area (Å²) in [5.41, 5.74) is 3.13. The molecule has 1 aromatic carbocycles. The van der Waals surface area contributed by atoms with E-state index in [0.717, 1.165) is 16.0 Å². The topological polar surface area (TPSA) is 25.2 Å². The average molecular weight is 274 g/mol. The van der Waals surface area contributed by atoms with Crippen LogP contribution in [0.1, 0.15) is 11.1 Å². The van der Waals surface area contributed by atoms with Gasteiger partial charge in [0.2, 0.25) is 0 Å². The summed E-state index contributed by atoms with van der Waals surface area (Å²) >= 11 is 1.52. The second-order valence-electron chi connectivity index (χ2n) is 4.16. The summed E-state index contributed by atoms with van der Waals surface area (Å²) < 4.78 is 14.1. The fourth-order valence-corrected chi connectivity index (χ4v) is 2.22. The zero-order valence-electron chi connectivity index (χ0n) is 11.1. The van der Waals surface area contributed by atoms with Gasteiger partial charge in [-0.25, -0.2) is 4.39 Å². The Morgan fingerprint density at radius 1 is 1.32 bits per heavy atom. The summed E-state index contributed by atoms with van der Waals surface area (Å²) in [6.07, 6.45) is 5.43. The van der Waals surface area contributed by atoms with Gasteiger partial charge in [0.15, 0.2) is 0 Å². The first-order chi connectivity index (χ1) is 9.15. The lowest BCUT2D eigenvalue weighted by Gasteiger charge is -2.07. The average Bonchev–Trinajstić information content (AvgIpc) is 2.41. The lowest BCUT2D eigenvalue weighted by molar-refractivity contribution is 0.627. The molecule has 0 atom stereocenters. The predicted octanol–water partition coefficient (Wildman–Crippen LogP) is 3.97. The second-order valence-corrected chi connectivity index (χ2v) is 5.04. The Morgan fingerprint density at radius 3 is 2.74 bits per heavy atom. The molecule has 0 saturated heterocycles. The van der Waals surface area contributed by atoms with Gasteiger partial charge in [0.1, 0.15) is 5.82 Å². The van der Waals surface area contributed by atoms with Crippen LogP contribution >= 0.6 is 11.8 Å². The van der Waals surface area contributed by atoms with Crippen molar-refractivity contribution in [2.75, 3.05) is 13.3 Å². The van der Waals surface area contributed by atoms with E-state index in [1.807, 2.05) is 25.3 Å². The van der Waals surface area contributed by atoms with Gasteiger partial charge in [-0.05, 0) is 48.6 Å². The zero-order valence-corrected chi connectivity index (χ0v) is 12.0. The molecule has 0 aliphatic heterocycles. The minimum atomic E-state index is -0.248. The van der Waals surface area contributed by atoms with Crippen LogP contribution < -0.4 is 0 Å². The number of aliphatic imine (C=N–C) groups is 1. The number of hydrogen-bond acceptors (Lipinski definition) is 3. The lowest BCUT2D eigenvalue weighted by Crippen LogP contribution is -1.94. The Balaban J connectivity index is 2.50. The number of thioether (sulfide) groups is 1. The number of hydrogen-bond donors (Lipinski definition) is 0. The zero-order chi connectivity index (χ0) is 13.8. The molecule has 4 heteroatoms. The third-order valence-corrected chi connectivity index (χ3v) is 3.59. The van der Waals surface area contributed by atoms with Crippen LogP contribution in [0.2, 0.25) is 0 Å². The van der Waals surface area contributed by atoms with E-state index in [9.17, 15) is 4.39 Å². The fraction of sp³-hybridized carbons (Fsp3) is 0.200. The molecule has 98 valence electrons. The van der Waals surface area contributed by atoms with Gasteiger partial charge in [0.25, 0.3) is 0 Å². The molecule has 0 spiro atoms. The maximum Gasteiger partial charge on any atom is 0.133 e. The first-order valence-electron chi connectivity index (χ1n) is 5.88. The van der Waals surface area contributed by atoms with E-state index in [-0.39, 0.29) is 5.82 Å². The molecular weight excluding hydrogens is 259 g/mol. The third-order valence-electron chi connectivity index (χ3n) is 2.87. The van der Waals surface area contributed by atoms with Crippen molar-refractivity contribution in [3.63, 3.8) is 0 Å². The highest BCUT2D eigenvalue weighted by atomic mass is 32.2. The molecule has 0 unspecified atom stereocenters. The molecule has 0 aliphatic rings. The Kier molecular flexibility index (Phi) is 4.32. The summed E-state index contributed by atoms with van der Waals surface area (Å²) in [6.45, 7) is 1.96. The molecule has 1 aromatic heterocycles. The number of halogens is 1. The highest BCUT2D eigenvalue weighted by molar-refractivity contribution is 7.98. The van der Waals surface area contributed by atoms with Crippen LogP contribution in [-0.2, 0) is 0 Å². The predicted molar refractivity (Wildman–Crippen MR) is 79.7 cm³/mol. The summed E-state index contributed by atoms with van der Waals surface area (Å²) in [4.78, 5) is 9.21. The van der Waals surface area contributed by atoms with Gasteiger partial charge >= 0.3 is 0 Å². The highest BCUT2D eigenvalue weighted by Gasteiger charge is 2.09. The van der Waals surface area contributed by atoms with Gasteiger partial charge in [-0.2, -0.15) is 0 Å². The van der Waals surface area contributed by atoms with Crippen LogP contribution in [0.25, 0.3) is 11.3 Å². The molecule has 2 rings (SSSR count). The highest BCUT2D eigenvalue weighted by Crippen LogP contribution is 2.26. The number of pyridine rings is 1. The first-order valence-corrected chi connectivity index (χ1v) is 7.11. The second kappa shape index (κ2) is 5.97. The van der Waals surface area contributed by atoms with Crippen molar-refractivity contribution in [2.45, 2.75) is 11.8 Å². The fourth-order valence-electron chi connectivity index (χ4n) is 1.80. The van der Waals surface area contributed by atoms with Gasteiger partial charge in [-0.1, -0.05) is 0 Å². The van der Waals surface area contributed by atoms with Crippen LogP contribution in [0.5, 0.6) is 0 Å². The Morgan fingerprint density at radius 2 is 2.11 bits per heavy atom. The summed E-state index contributed by atoms with van der Waals surface area (Å²) in [5.74, 6) is -0.248. The maximum atomic E-state index is 14.1. The van der Waals surface area contributed by atoms with Crippen molar-refractivity contribution in [1.29, 1.82) is 0 Å². The molecule has 0 aliphatic carbocycles. The molecule has 0 amide bonds. The Hall–Kier alpha value is -1.68. The van der Waals surface area contributed by atoms with E-state index in [4.69, 9.17) is 0 Å². The first kappa shape index (κ1) is 13.7. The van der Waals surface area contributed by atoms with Crippen molar-refractivity contribution in [3.8, 4) is 11.3 Å². The molecule has 0 radical (unpaired) electrons. The molecule has 1 heterocycles. The smallest absolute Gasteiger partial charge is 0.133 e. The van der Waals surface area contributed by atoms with E-state index in [2.05, 4.69) is 9.98 Å². The molecule has 0 bridgehead atoms. The summed E-state index contributed by atoms with van der Waals surface area (Å²) in [5, 5.41) is 0. The van der Waals surface area contributed by atoms with Crippen molar-refractivity contribution in [1.82, 2.24) is 4.98 Å². The van der Waals surface area contributed by atoms with Crippen molar-refractivity contribution >= 4 is 18.0 Å². The van der Waals surface area contributed by atoms with E-state index in [1.165, 1.54) is 17.8 Å². The van der Waals surface area contributed by atoms with Gasteiger partial charge in [0, 0.05) is 29.9 Å². The van der Waals surface area contributed by atoms with E-state index in [1.54, 1.807) is 25.5 Å². The lowest BCUT2D eigenvalue weighted by atomic mass is 10.1. The Labute approximate surface area is 116 Å². The van der Waals surface area contributed by atoms with Crippen LogP contribution in [0.15, 0.2) is 40.4 Å². The van der Waals surface area contributed by atoms with Gasteiger partial charge < -0.3 is 0 Å². The van der Waals surface area contributed by atoms with E-state index in [0.29, 0.717) is 11.3 Å². The van der Waals surface area contributed by atoms with Crippen LogP contribution in [0, 0.1) is 12.7 Å². The molecule has 2 nitrogen and oxygen atoms in total. The van der Waals surface area contributed by atoms with Crippen LogP contribution in [0.4, 0.5) is 4.39 Å². The maximum absolute atomic E-state index is 14.1. The van der Waals surface area contributed by atoms with Gasteiger partial charge in [-0.15, -0.1) is 11.8 Å². The summed E-state index contributed by atoms with van der Waals surface area (Å²) in [7, 11) is 1.72. The number of rotatable bonds is 3. The van der Waals surface area contributed by atoms with Gasteiger partial charge in [0.05, 0.1) is 5.69 Å². The number of aryl methyl sites for hydroxylation is 1. The van der Waals surface area contributed by atoms with Crippen molar-refractivity contribution in [2.24, 2.45) is 4.99 Å². The monoisotopic (exact) mass is 274 g/mol. The minimum absolute atomic E-state index is 0.248. The van der Waals surface area contributed by atoms with Gasteiger partial charge in [-0.3, -0.25) is 9.98 Å². The molecule has 0 N–H and O–H groups in total. The number of benzene rings is 1. The van der Waals surface area contributed by atoms with Crippen molar-refractivity contribution in [3.05, 3.63) is 47.4 Å². The minimum Gasteiger partial charge on any atom is -0.296 e. The third kappa shape index (κ3) is 3.01. The molecule has 2 aromatic rings. The standard InChI is InChI=1S/C15H15FN2S/c1-10-8-18-15(6-11(10)9-17-2)13-5-4-12(19-3)7-14(13)16/h4-9H,1-3H3. The Bertz CT molecular complexity index is 624. The molecule has 0 fully saturated rings. The quantitative estimate of drug-likeness (QED) is 0.625. The largest absolute Gasteiger partial charge is 0.296 e. The normalized spacial score (nSPS) is 11.2. The van der Waals surface area contributed by atoms with E-state index >= 15 is 0 Å². The molecule has 19 heavy (non-hydrogen) atoms. The van der Waals surface area contributed by atoms with Crippen molar-refractivity contribution < 1.29 is 4.39 Å². The molecule has 0 saturated carbocycles. The van der Waals surface area contributed by atoms with E-state index < -0.39 is 0 Å². The number of aromatic nitrogens is 1. The summed E-state index contributed by atoms with van der Waals surface area (Å²) in [6, 6.07) is 7.07. The van der Waals surface area contributed by atoms with Crippen LogP contribution in [0.3, 0.4) is 0 Å². The SMILES string of the molecule is CN=Cc1cc(-c2ccc(SC)cc2F)ncc1C. The van der Waals surface area contributed by atoms with Crippen LogP contribution in [-0.4, -0.2) is 24.5 Å².